The summed E-state index contributed by atoms with van der Waals surface area (Å²) < 4.78 is 1.27. The summed E-state index contributed by atoms with van der Waals surface area (Å²) in [5.74, 6) is 1.11. The monoisotopic (exact) mass is 390 g/mol. The van der Waals surface area contributed by atoms with Crippen LogP contribution in [0.1, 0.15) is 60.9 Å². The molecule has 3 heterocycles. The Labute approximate surface area is 169 Å². The van der Waals surface area contributed by atoms with Gasteiger partial charge in [0, 0.05) is 19.2 Å². The van der Waals surface area contributed by atoms with Crippen LogP contribution in [0.5, 0.6) is 0 Å². The number of aromatic nitrogens is 3. The normalized spacial score (nSPS) is 18.2. The molecule has 1 aromatic carbocycles. The van der Waals surface area contributed by atoms with Crippen molar-refractivity contribution in [1.82, 2.24) is 19.5 Å². The zero-order chi connectivity index (χ0) is 20.0. The number of nitrogens with zero attached hydrogens (tertiary/aromatic N) is 3. The molecule has 0 radical (unpaired) electrons. The zero-order valence-corrected chi connectivity index (χ0v) is 16.7. The van der Waals surface area contributed by atoms with E-state index < -0.39 is 0 Å². The van der Waals surface area contributed by atoms with E-state index in [1.54, 1.807) is 11.0 Å². The van der Waals surface area contributed by atoms with Gasteiger partial charge in [-0.15, -0.1) is 0 Å². The summed E-state index contributed by atoms with van der Waals surface area (Å²) in [4.78, 5) is 30.4. The molecule has 2 aliphatic rings. The highest BCUT2D eigenvalue weighted by Crippen LogP contribution is 2.33. The molecule has 1 aliphatic carbocycles. The largest absolute Gasteiger partial charge is 0.339 e. The molecule has 1 saturated carbocycles. The van der Waals surface area contributed by atoms with E-state index in [9.17, 15) is 9.59 Å². The van der Waals surface area contributed by atoms with E-state index in [2.05, 4.69) is 41.3 Å². The Morgan fingerprint density at radius 2 is 1.83 bits per heavy atom. The summed E-state index contributed by atoms with van der Waals surface area (Å²) in [6, 6.07) is 10.0. The van der Waals surface area contributed by atoms with Crippen LogP contribution in [-0.4, -0.2) is 38.5 Å². The molecule has 1 saturated heterocycles. The van der Waals surface area contributed by atoms with Crippen LogP contribution in [0.15, 0.2) is 41.3 Å². The molecule has 29 heavy (non-hydrogen) atoms. The molecule has 3 aromatic rings. The third-order valence-corrected chi connectivity index (χ3v) is 6.38. The maximum atomic E-state index is 12.8. The lowest BCUT2D eigenvalue weighted by Gasteiger charge is -2.36. The molecule has 0 unspecified atom stereocenters. The Balaban J connectivity index is 1.48. The molecule has 0 bridgehead atoms. The number of fused-ring (bicyclic) bond motifs is 1. The molecule has 2 aromatic heterocycles. The highest BCUT2D eigenvalue weighted by molar-refractivity contribution is 6.00. The van der Waals surface area contributed by atoms with E-state index in [4.69, 9.17) is 0 Å². The van der Waals surface area contributed by atoms with Gasteiger partial charge in [0.05, 0.1) is 11.9 Å². The quantitative estimate of drug-likeness (QED) is 0.739. The van der Waals surface area contributed by atoms with Gasteiger partial charge in [-0.2, -0.15) is 9.61 Å². The van der Waals surface area contributed by atoms with Crippen LogP contribution in [0.3, 0.4) is 0 Å². The van der Waals surface area contributed by atoms with Crippen LogP contribution >= 0.6 is 0 Å². The summed E-state index contributed by atoms with van der Waals surface area (Å²) in [5, 5.41) is 4.13. The average Bonchev–Trinajstić information content (AvgIpc) is 3.16. The second kappa shape index (κ2) is 7.17. The standard InChI is InChI=1S/C23H26N4O2/c1-15-13-26(14-15)23(29)19-12-24-27-21(28)11-20(25-22(19)27)18-9-7-17(8-10-18)16-5-3-2-4-6-16/h7-12,15-16,25H,2-6,13-14H2,1H3. The number of hydrogen-bond acceptors (Lipinski definition) is 3. The van der Waals surface area contributed by atoms with Crippen LogP contribution in [-0.2, 0) is 0 Å². The third kappa shape index (κ3) is 3.26. The number of aromatic amines is 1. The maximum Gasteiger partial charge on any atom is 0.274 e. The highest BCUT2D eigenvalue weighted by atomic mass is 16.2. The van der Waals surface area contributed by atoms with Crippen LogP contribution in [0.25, 0.3) is 16.9 Å². The maximum absolute atomic E-state index is 12.8. The SMILES string of the molecule is CC1CN(C(=O)c2cnn3c(=O)cc(-c4ccc(C5CCCCC5)cc4)[nH]c23)C1. The molecule has 6 nitrogen and oxygen atoms in total. The van der Waals surface area contributed by atoms with E-state index >= 15 is 0 Å². The first kappa shape index (κ1) is 18.2. The van der Waals surface area contributed by atoms with Gasteiger partial charge in [0.25, 0.3) is 11.5 Å². The minimum Gasteiger partial charge on any atom is -0.339 e. The lowest BCUT2D eigenvalue weighted by Crippen LogP contribution is -2.48. The van der Waals surface area contributed by atoms with E-state index in [0.717, 1.165) is 18.7 Å². The molecule has 5 rings (SSSR count). The molecule has 0 atom stereocenters. The summed E-state index contributed by atoms with van der Waals surface area (Å²) in [6.07, 6.45) is 7.98. The van der Waals surface area contributed by atoms with E-state index in [0.29, 0.717) is 28.7 Å². The van der Waals surface area contributed by atoms with E-state index in [1.165, 1.54) is 48.4 Å². The number of amides is 1. The molecule has 150 valence electrons. The molecule has 6 heteroatoms. The van der Waals surface area contributed by atoms with E-state index in [1.807, 2.05) is 0 Å². The highest BCUT2D eigenvalue weighted by Gasteiger charge is 2.30. The Kier molecular flexibility index (Phi) is 4.49. The van der Waals surface area contributed by atoms with Gasteiger partial charge in [-0.25, -0.2) is 0 Å². The van der Waals surface area contributed by atoms with Crippen molar-refractivity contribution in [3.63, 3.8) is 0 Å². The smallest absolute Gasteiger partial charge is 0.274 e. The summed E-state index contributed by atoms with van der Waals surface area (Å²) in [6.45, 7) is 3.63. The fourth-order valence-electron chi connectivity index (χ4n) is 4.70. The molecule has 2 fully saturated rings. The zero-order valence-electron chi connectivity index (χ0n) is 16.7. The van der Waals surface area contributed by atoms with Crippen molar-refractivity contribution in [2.75, 3.05) is 13.1 Å². The summed E-state index contributed by atoms with van der Waals surface area (Å²) in [7, 11) is 0. The Morgan fingerprint density at radius 3 is 2.52 bits per heavy atom. The Hall–Kier alpha value is -2.89. The topological polar surface area (TPSA) is 70.5 Å². The summed E-state index contributed by atoms with van der Waals surface area (Å²) in [5.41, 5.74) is 3.72. The molecule has 0 spiro atoms. The minimum absolute atomic E-state index is 0.0708. The van der Waals surface area contributed by atoms with Crippen molar-refractivity contribution in [3.8, 4) is 11.3 Å². The molecule has 1 N–H and O–H groups in total. The first-order valence-electron chi connectivity index (χ1n) is 10.6. The fourth-order valence-corrected chi connectivity index (χ4v) is 4.70. The lowest BCUT2D eigenvalue weighted by atomic mass is 9.84. The first-order valence-corrected chi connectivity index (χ1v) is 10.6. The van der Waals surface area contributed by atoms with Crippen LogP contribution in [0, 0.1) is 5.92 Å². The van der Waals surface area contributed by atoms with Gasteiger partial charge in [0.1, 0.15) is 5.56 Å². The van der Waals surface area contributed by atoms with Crippen molar-refractivity contribution in [2.45, 2.75) is 44.9 Å². The van der Waals surface area contributed by atoms with Crippen molar-refractivity contribution >= 4 is 11.6 Å². The number of likely N-dealkylation sites (tertiary alicyclic amines) is 1. The van der Waals surface area contributed by atoms with Crippen LogP contribution in [0.4, 0.5) is 0 Å². The Bertz CT molecular complexity index is 1100. The molecule has 1 aliphatic heterocycles. The second-order valence-corrected chi connectivity index (χ2v) is 8.61. The number of carbonyl (C=O) groups is 1. The predicted octanol–water partition coefficient (Wildman–Crippen LogP) is 3.83. The molecular formula is C23H26N4O2. The van der Waals surface area contributed by atoms with Crippen molar-refractivity contribution < 1.29 is 4.79 Å². The lowest BCUT2D eigenvalue weighted by molar-refractivity contribution is 0.0532. The number of H-pyrrole nitrogens is 1. The van der Waals surface area contributed by atoms with Gasteiger partial charge in [-0.1, -0.05) is 50.5 Å². The van der Waals surface area contributed by atoms with Gasteiger partial charge in [-0.3, -0.25) is 9.59 Å². The minimum atomic E-state index is -0.235. The third-order valence-electron chi connectivity index (χ3n) is 6.38. The van der Waals surface area contributed by atoms with Gasteiger partial charge in [0.2, 0.25) is 0 Å². The number of nitrogens with one attached hydrogen (secondary N) is 1. The van der Waals surface area contributed by atoms with Gasteiger partial charge in [0.15, 0.2) is 5.65 Å². The fraction of sp³-hybridized carbons (Fsp3) is 0.435. The first-order chi connectivity index (χ1) is 14.1. The van der Waals surface area contributed by atoms with Crippen molar-refractivity contribution in [2.24, 2.45) is 5.92 Å². The van der Waals surface area contributed by atoms with Crippen molar-refractivity contribution in [3.05, 3.63) is 58.0 Å². The van der Waals surface area contributed by atoms with Crippen LogP contribution < -0.4 is 5.56 Å². The number of hydrogen-bond donors (Lipinski definition) is 1. The van der Waals surface area contributed by atoms with Gasteiger partial charge in [-0.05, 0) is 35.8 Å². The number of rotatable bonds is 3. The van der Waals surface area contributed by atoms with Gasteiger partial charge < -0.3 is 9.88 Å². The average molecular weight is 390 g/mol. The predicted molar refractivity (Wildman–Crippen MR) is 112 cm³/mol. The molecule has 1 amide bonds. The van der Waals surface area contributed by atoms with E-state index in [-0.39, 0.29) is 11.5 Å². The summed E-state index contributed by atoms with van der Waals surface area (Å²) >= 11 is 0. The Morgan fingerprint density at radius 1 is 1.10 bits per heavy atom. The molecular weight excluding hydrogens is 364 g/mol. The van der Waals surface area contributed by atoms with Gasteiger partial charge >= 0.3 is 0 Å². The number of carbonyl (C=O) groups excluding carboxylic acids is 1. The number of benzene rings is 1. The van der Waals surface area contributed by atoms with Crippen molar-refractivity contribution in [1.29, 1.82) is 0 Å². The van der Waals surface area contributed by atoms with Crippen LogP contribution in [0.2, 0.25) is 0 Å². The second-order valence-electron chi connectivity index (χ2n) is 8.61.